The van der Waals surface area contributed by atoms with E-state index in [1.807, 2.05) is 27.7 Å². The van der Waals surface area contributed by atoms with Gasteiger partial charge in [0.1, 0.15) is 17.8 Å². The highest BCUT2D eigenvalue weighted by Crippen LogP contribution is 2.58. The quantitative estimate of drug-likeness (QED) is 0.577. The van der Waals surface area contributed by atoms with Crippen molar-refractivity contribution in [3.63, 3.8) is 0 Å². The largest absolute Gasteiger partial charge is 0.417 e. The molecule has 2 aliphatic heterocycles. The first kappa shape index (κ1) is 25.2. The van der Waals surface area contributed by atoms with Crippen molar-refractivity contribution >= 4 is 0 Å². The predicted molar refractivity (Wildman–Crippen MR) is 123 cm³/mol. The number of fused-ring (bicyclic) bond motifs is 4. The summed E-state index contributed by atoms with van der Waals surface area (Å²) >= 11 is 0. The summed E-state index contributed by atoms with van der Waals surface area (Å²) in [5, 5.41) is 32.0. The minimum absolute atomic E-state index is 0.105. The van der Waals surface area contributed by atoms with Crippen molar-refractivity contribution in [2.24, 2.45) is 5.41 Å². The van der Waals surface area contributed by atoms with Gasteiger partial charge >= 0.3 is 6.18 Å². The third-order valence-corrected chi connectivity index (χ3v) is 7.75. The molecule has 0 radical (unpaired) electrons. The molecule has 1 saturated heterocycles. The Kier molecular flexibility index (Phi) is 5.76. The van der Waals surface area contributed by atoms with Gasteiger partial charge in [0.15, 0.2) is 0 Å². The molecule has 2 aromatic rings. The lowest BCUT2D eigenvalue weighted by atomic mass is 9.69. The number of hydrogen-bond acceptors (Lipinski definition) is 6. The number of nitrogens with zero attached hydrogens (tertiary/aromatic N) is 2. The van der Waals surface area contributed by atoms with Crippen LogP contribution in [-0.2, 0) is 21.3 Å². The Labute approximate surface area is 207 Å². The predicted octanol–water partition coefficient (Wildman–Crippen LogP) is 5.33. The fourth-order valence-corrected chi connectivity index (χ4v) is 5.95. The molecule has 1 spiro atoms. The summed E-state index contributed by atoms with van der Waals surface area (Å²) in [6.45, 7) is 8.29. The third kappa shape index (κ3) is 3.66. The summed E-state index contributed by atoms with van der Waals surface area (Å²) in [5.74, 6) is -0.105. The van der Waals surface area contributed by atoms with Crippen LogP contribution >= 0.6 is 0 Å². The monoisotopic (exact) mass is 502 g/mol. The smallest absolute Gasteiger partial charge is 0.388 e. The molecule has 4 atom stereocenters. The Hall–Kier alpha value is -2.51. The Balaban J connectivity index is 1.79. The van der Waals surface area contributed by atoms with Crippen molar-refractivity contribution in [3.8, 4) is 6.07 Å². The molecule has 0 amide bonds. The number of nitriles is 1. The molecule has 2 N–H and O–H groups in total. The molecule has 1 fully saturated rings. The molecule has 6 nitrogen and oxygen atoms in total. The molecule has 192 valence electrons. The van der Waals surface area contributed by atoms with Crippen molar-refractivity contribution < 1.29 is 32.9 Å². The molecule has 36 heavy (non-hydrogen) atoms. The van der Waals surface area contributed by atoms with Crippen molar-refractivity contribution in [2.45, 2.75) is 76.5 Å². The Morgan fingerprint density at radius 1 is 1.19 bits per heavy atom. The summed E-state index contributed by atoms with van der Waals surface area (Å²) in [4.78, 5) is 4.87. The van der Waals surface area contributed by atoms with Crippen LogP contribution in [0.4, 0.5) is 13.2 Å². The first-order chi connectivity index (χ1) is 16.8. The summed E-state index contributed by atoms with van der Waals surface area (Å²) in [6, 6.07) is 5.15. The lowest BCUT2D eigenvalue weighted by Crippen LogP contribution is -2.36. The molecule has 9 heteroatoms. The van der Waals surface area contributed by atoms with Crippen LogP contribution in [0.3, 0.4) is 0 Å². The highest BCUT2D eigenvalue weighted by atomic mass is 19.4. The summed E-state index contributed by atoms with van der Waals surface area (Å²) in [5.41, 5.74) is 0.386. The van der Waals surface area contributed by atoms with Gasteiger partial charge in [-0.05, 0) is 35.4 Å². The van der Waals surface area contributed by atoms with Gasteiger partial charge in [0.05, 0.1) is 35.6 Å². The van der Waals surface area contributed by atoms with Crippen LogP contribution in [0.1, 0.15) is 110 Å². The number of rotatable bonds is 2. The van der Waals surface area contributed by atoms with E-state index in [-0.39, 0.29) is 12.5 Å². The van der Waals surface area contributed by atoms with E-state index in [1.165, 1.54) is 12.1 Å². The second kappa shape index (κ2) is 8.25. The standard InChI is InChI=1S/C27H29F3N2O4/c1-13(2)21-19-20(18-17(33)10-25(3,4)24(34)22(18)32-21)26(7-8-35-12-26)36-23(19)14-5-6-16(27(28,29)30)15(9-14)11-31/h5-6,9,13,17,23-24,33-34H,7-8,10,12H2,1-4H3. The Bertz CT molecular complexity index is 1260. The summed E-state index contributed by atoms with van der Waals surface area (Å²) < 4.78 is 52.8. The maximum Gasteiger partial charge on any atom is 0.417 e. The molecule has 3 heterocycles. The number of benzene rings is 1. The number of alkyl halides is 3. The van der Waals surface area contributed by atoms with Crippen molar-refractivity contribution in [1.82, 2.24) is 4.98 Å². The Morgan fingerprint density at radius 2 is 1.92 bits per heavy atom. The van der Waals surface area contributed by atoms with Crippen LogP contribution in [0, 0.1) is 16.7 Å². The van der Waals surface area contributed by atoms with Gasteiger partial charge in [-0.3, -0.25) is 4.98 Å². The van der Waals surface area contributed by atoms with Crippen LogP contribution in [0.2, 0.25) is 0 Å². The van der Waals surface area contributed by atoms with E-state index in [1.54, 1.807) is 6.07 Å². The molecule has 3 aliphatic rings. The first-order valence-electron chi connectivity index (χ1n) is 12.1. The average molecular weight is 503 g/mol. The molecule has 1 aliphatic carbocycles. The van der Waals surface area contributed by atoms with Gasteiger partial charge in [-0.1, -0.05) is 33.8 Å². The van der Waals surface area contributed by atoms with Gasteiger partial charge in [0.2, 0.25) is 0 Å². The van der Waals surface area contributed by atoms with Crippen molar-refractivity contribution in [3.05, 3.63) is 63.0 Å². The highest BCUT2D eigenvalue weighted by molar-refractivity contribution is 5.56. The number of aliphatic hydroxyl groups is 2. The lowest BCUT2D eigenvalue weighted by molar-refractivity contribution is -0.137. The van der Waals surface area contributed by atoms with E-state index in [0.717, 1.165) is 11.6 Å². The van der Waals surface area contributed by atoms with Crippen LogP contribution in [0.15, 0.2) is 18.2 Å². The average Bonchev–Trinajstić information content (AvgIpc) is 3.41. The number of hydrogen-bond donors (Lipinski definition) is 2. The van der Waals surface area contributed by atoms with Crippen LogP contribution in [-0.4, -0.2) is 28.4 Å². The van der Waals surface area contributed by atoms with E-state index >= 15 is 0 Å². The Morgan fingerprint density at radius 3 is 2.50 bits per heavy atom. The fraction of sp³-hybridized carbons (Fsp3) is 0.556. The minimum Gasteiger partial charge on any atom is -0.388 e. The molecule has 1 aromatic carbocycles. The molecule has 0 bridgehead atoms. The van der Waals surface area contributed by atoms with Gasteiger partial charge in [-0.2, -0.15) is 18.4 Å². The van der Waals surface area contributed by atoms with Crippen molar-refractivity contribution in [2.75, 3.05) is 13.2 Å². The molecule has 5 rings (SSSR count). The number of ether oxygens (including phenoxy) is 2. The van der Waals surface area contributed by atoms with Gasteiger partial charge in [0.25, 0.3) is 0 Å². The number of aliphatic hydroxyl groups excluding tert-OH is 2. The van der Waals surface area contributed by atoms with Gasteiger partial charge < -0.3 is 19.7 Å². The van der Waals surface area contributed by atoms with Crippen LogP contribution < -0.4 is 0 Å². The minimum atomic E-state index is -4.66. The molecular weight excluding hydrogens is 473 g/mol. The first-order valence-corrected chi connectivity index (χ1v) is 12.1. The second-order valence-electron chi connectivity index (χ2n) is 11.1. The zero-order valence-corrected chi connectivity index (χ0v) is 20.6. The maximum absolute atomic E-state index is 13.5. The second-order valence-corrected chi connectivity index (χ2v) is 11.1. The van der Waals surface area contributed by atoms with Crippen LogP contribution in [0.5, 0.6) is 0 Å². The van der Waals surface area contributed by atoms with Crippen molar-refractivity contribution in [1.29, 1.82) is 5.26 Å². The number of pyridine rings is 1. The zero-order chi connectivity index (χ0) is 26.2. The fourth-order valence-electron chi connectivity index (χ4n) is 5.95. The SMILES string of the molecule is CC(C)c1nc2c(c3c1C(c1ccc(C(F)(F)F)c(C#N)c1)OC31CCOC1)C(O)CC(C)(C)C2O. The summed E-state index contributed by atoms with van der Waals surface area (Å²) in [7, 11) is 0. The van der Waals surface area contributed by atoms with Gasteiger partial charge in [-0.25, -0.2) is 0 Å². The molecule has 1 aromatic heterocycles. The zero-order valence-electron chi connectivity index (χ0n) is 20.6. The van der Waals surface area contributed by atoms with Gasteiger partial charge in [0, 0.05) is 35.4 Å². The highest BCUT2D eigenvalue weighted by Gasteiger charge is 2.55. The molecular formula is C27H29F3N2O4. The van der Waals surface area contributed by atoms with E-state index in [0.29, 0.717) is 47.5 Å². The van der Waals surface area contributed by atoms with E-state index < -0.39 is 46.6 Å². The normalized spacial score (nSPS) is 28.9. The third-order valence-electron chi connectivity index (χ3n) is 7.75. The van der Waals surface area contributed by atoms with E-state index in [4.69, 9.17) is 14.5 Å². The van der Waals surface area contributed by atoms with Gasteiger partial charge in [-0.15, -0.1) is 0 Å². The molecule has 0 saturated carbocycles. The van der Waals surface area contributed by atoms with E-state index in [2.05, 4.69) is 0 Å². The number of halogens is 3. The van der Waals surface area contributed by atoms with Crippen LogP contribution in [0.25, 0.3) is 0 Å². The van der Waals surface area contributed by atoms with E-state index in [9.17, 15) is 28.6 Å². The lowest BCUT2D eigenvalue weighted by Gasteiger charge is -2.41. The maximum atomic E-state index is 13.5. The summed E-state index contributed by atoms with van der Waals surface area (Å²) in [6.07, 6.45) is -6.46. The topological polar surface area (TPSA) is 95.6 Å². The molecule has 4 unspecified atom stereocenters. The number of aromatic nitrogens is 1.